The van der Waals surface area contributed by atoms with E-state index in [0.717, 1.165) is 16.0 Å². The Bertz CT molecular complexity index is 2850. The summed E-state index contributed by atoms with van der Waals surface area (Å²) >= 11 is 0. The molecule has 1 unspecified atom stereocenters. The molecule has 0 radical (unpaired) electrons. The van der Waals surface area contributed by atoms with Gasteiger partial charge in [-0.3, -0.25) is 38.5 Å². The van der Waals surface area contributed by atoms with Crippen LogP contribution in [0.2, 0.25) is 0 Å². The molecule has 450 valence electrons. The fourth-order valence-electron chi connectivity index (χ4n) is 9.53. The molecule has 1 saturated heterocycles. The number of pyridine rings is 2. The van der Waals surface area contributed by atoms with E-state index in [2.05, 4.69) is 21.3 Å². The number of carbonyl (C=O) groups excluding carboxylic acids is 7. The van der Waals surface area contributed by atoms with Crippen LogP contribution in [-0.2, 0) is 101 Å². The Labute approximate surface area is 476 Å². The fourth-order valence-corrected chi connectivity index (χ4v) is 9.53. The van der Waals surface area contributed by atoms with Crippen LogP contribution in [0.25, 0.3) is 22.3 Å². The highest BCUT2D eigenvalue weighted by molar-refractivity contribution is 6.04. The molecule has 0 spiro atoms. The van der Waals surface area contributed by atoms with Crippen LogP contribution >= 0.6 is 0 Å². The van der Waals surface area contributed by atoms with E-state index < -0.39 is 59.6 Å². The molecule has 26 nitrogen and oxygen atoms in total. The highest BCUT2D eigenvalue weighted by Crippen LogP contribution is 2.45. The molecule has 82 heavy (non-hydrogen) atoms. The fraction of sp³-hybridized carbons (Fsp3) is 0.625. The molecule has 5 N–H and O–H groups in total. The molecule has 0 aliphatic carbocycles. The number of nitrogens with one attached hydrogen (secondary N) is 4. The minimum Gasteiger partial charge on any atom is -0.490 e. The number of hydrogen-bond donors (Lipinski definition) is 5. The van der Waals surface area contributed by atoms with Crippen LogP contribution in [-0.4, -0.2) is 198 Å². The number of rotatable bonds is 37. The summed E-state index contributed by atoms with van der Waals surface area (Å²) in [5, 5.41) is 23.0. The number of benzene rings is 1. The summed E-state index contributed by atoms with van der Waals surface area (Å²) in [5.41, 5.74) is 1.84. The van der Waals surface area contributed by atoms with Gasteiger partial charge in [0.2, 0.25) is 35.4 Å². The number of likely N-dealkylation sites (tertiary alicyclic amines) is 1. The lowest BCUT2D eigenvalue weighted by atomic mass is 9.86. The molecule has 4 atom stereocenters. The van der Waals surface area contributed by atoms with E-state index in [-0.39, 0.29) is 107 Å². The number of nitrogens with zero attached hydrogens (tertiary/aromatic N) is 3. The first-order valence-corrected chi connectivity index (χ1v) is 27.9. The zero-order valence-electron chi connectivity index (χ0n) is 48.1. The zero-order valence-corrected chi connectivity index (χ0v) is 47.1. The van der Waals surface area contributed by atoms with Crippen molar-refractivity contribution in [2.75, 3.05) is 131 Å². The number of amides is 6. The van der Waals surface area contributed by atoms with Crippen molar-refractivity contribution in [2.45, 2.75) is 97.0 Å². The van der Waals surface area contributed by atoms with Crippen LogP contribution < -0.4 is 31.6 Å². The Morgan fingerprint density at radius 3 is 1.89 bits per heavy atom. The van der Waals surface area contributed by atoms with Gasteiger partial charge in [0.25, 0.3) is 5.56 Å². The second-order valence-corrected chi connectivity index (χ2v) is 20.0. The second-order valence-electron chi connectivity index (χ2n) is 20.0. The standard InChI is InChI=1S/C56H77N7O19/c1-5-56(72)40-32-43-50-38(33-63(43)54(70)39(40)34-82-55(56)71)37-11-16-81-51-42(7-6-41(59-50)48(37)51)60-52(68)36(4)58-53(69)49(35(2)3)61-45(65)12-15-73-18-20-75-22-24-77-26-28-79-30-31-80-29-27-78-25-23-76-21-19-74-17-13-57-44(64)10-14-62-46(66)8-9-47(62)67/h6-7,32,35-36,49,72H,5,8-31,33-34H2,1-4H3,(H,57,64)(H,58,69)(H,60,68)(H,61,65)/t36-,49-,56-/m0/s1/i8T/t8?,36-,49-,56-. The van der Waals surface area contributed by atoms with Crippen LogP contribution in [0.4, 0.5) is 5.69 Å². The van der Waals surface area contributed by atoms with Gasteiger partial charge in [-0.1, -0.05) is 20.8 Å². The second kappa shape index (κ2) is 31.2. The average molecular weight is 1150 g/mol. The average Bonchev–Trinajstić information content (AvgIpc) is 2.01. The van der Waals surface area contributed by atoms with Gasteiger partial charge in [-0.25, -0.2) is 9.78 Å². The number of fused-ring (bicyclic) bond motifs is 5. The Kier molecular flexibility index (Phi) is 23.5. The van der Waals surface area contributed by atoms with Crippen LogP contribution in [0, 0.1) is 5.92 Å². The minimum atomic E-state index is -1.95. The first-order chi connectivity index (χ1) is 40.0. The van der Waals surface area contributed by atoms with E-state index in [1.54, 1.807) is 43.5 Å². The number of aromatic nitrogens is 2. The van der Waals surface area contributed by atoms with Gasteiger partial charge in [0.1, 0.15) is 18.7 Å². The first-order valence-electron chi connectivity index (χ1n) is 28.5. The smallest absolute Gasteiger partial charge is 0.343 e. The number of aliphatic hydroxyl groups is 1. The Morgan fingerprint density at radius 1 is 0.720 bits per heavy atom. The Balaban J connectivity index is 0.672. The molecule has 2 aromatic heterocycles. The van der Waals surface area contributed by atoms with E-state index >= 15 is 0 Å². The summed E-state index contributed by atoms with van der Waals surface area (Å²) in [6, 6.07) is 3.13. The molecule has 0 bridgehead atoms. The third kappa shape index (κ3) is 16.6. The maximum absolute atomic E-state index is 13.8. The molecule has 0 saturated carbocycles. The molecule has 6 heterocycles. The van der Waals surface area contributed by atoms with Crippen LogP contribution in [0.15, 0.2) is 23.0 Å². The highest BCUT2D eigenvalue weighted by atomic mass is 16.6. The number of ether oxygens (including phenoxy) is 10. The van der Waals surface area contributed by atoms with Crippen molar-refractivity contribution in [2.24, 2.45) is 5.92 Å². The maximum atomic E-state index is 13.8. The van der Waals surface area contributed by atoms with Crippen molar-refractivity contribution in [3.8, 4) is 17.1 Å². The molecular formula is C56H77N7O19. The van der Waals surface area contributed by atoms with Crippen molar-refractivity contribution in [3.63, 3.8) is 0 Å². The van der Waals surface area contributed by atoms with Crippen molar-refractivity contribution >= 4 is 58.0 Å². The lowest BCUT2D eigenvalue weighted by Crippen LogP contribution is -2.53. The van der Waals surface area contributed by atoms with Crippen molar-refractivity contribution in [1.29, 1.82) is 0 Å². The number of cyclic esters (lactones) is 1. The topological polar surface area (TPSA) is 318 Å². The molecule has 4 aliphatic heterocycles. The minimum absolute atomic E-state index is 0.000153. The Morgan fingerprint density at radius 2 is 1.32 bits per heavy atom. The summed E-state index contributed by atoms with van der Waals surface area (Å²) in [6.07, 6.45) is -0.698. The zero-order chi connectivity index (χ0) is 59.5. The number of hydrogen-bond acceptors (Lipinski definition) is 20. The predicted molar refractivity (Wildman–Crippen MR) is 291 cm³/mol. The van der Waals surface area contributed by atoms with E-state index in [9.17, 15) is 43.5 Å². The van der Waals surface area contributed by atoms with Crippen LogP contribution in [0.1, 0.15) is 83.4 Å². The monoisotopic (exact) mass is 1150 g/mol. The van der Waals surface area contributed by atoms with E-state index in [4.69, 9.17) is 53.7 Å². The third-order valence-electron chi connectivity index (χ3n) is 14.0. The third-order valence-corrected chi connectivity index (χ3v) is 14.0. The number of esters is 1. The van der Waals surface area contributed by atoms with Gasteiger partial charge in [0, 0.05) is 63.1 Å². The Hall–Kier alpha value is -6.49. The van der Waals surface area contributed by atoms with Crippen molar-refractivity contribution < 1.29 is 87.4 Å². The molecule has 3 aromatic rings. The van der Waals surface area contributed by atoms with Gasteiger partial charge < -0.3 is 78.3 Å². The van der Waals surface area contributed by atoms with Gasteiger partial charge in [0.05, 0.1) is 147 Å². The predicted octanol–water partition coefficient (Wildman–Crippen LogP) is 0.777. The SMILES string of the molecule is [3H]C1CC(=O)N(CCC(=O)NCCOCCOCCOCCOCCOCCOCCOCCOCCC(=O)N[C@H](C(=O)N[C@@H](C)C(=O)Nc2ccc3nc4c(c5c3c2OCC5)Cn2c-4cc3c(c2=O)COC(=O)[C@]3(O)CC)C(C)C)C1=O. The van der Waals surface area contributed by atoms with E-state index in [0.29, 0.717) is 126 Å². The lowest BCUT2D eigenvalue weighted by Gasteiger charge is -2.31. The van der Waals surface area contributed by atoms with Crippen LogP contribution in [0.3, 0.4) is 0 Å². The first kappa shape index (κ1) is 61.6. The number of carbonyl (C=O) groups is 7. The quantitative estimate of drug-likeness (QED) is 0.0237. The summed E-state index contributed by atoms with van der Waals surface area (Å²) in [5.74, 6) is -3.44. The van der Waals surface area contributed by atoms with Crippen LogP contribution in [0.5, 0.6) is 5.75 Å². The van der Waals surface area contributed by atoms with Gasteiger partial charge in [-0.05, 0) is 43.0 Å². The summed E-state index contributed by atoms with van der Waals surface area (Å²) in [7, 11) is 0. The summed E-state index contributed by atoms with van der Waals surface area (Å²) in [6.45, 7) is 12.8. The maximum Gasteiger partial charge on any atom is 0.343 e. The van der Waals surface area contributed by atoms with Crippen molar-refractivity contribution in [3.05, 3.63) is 50.8 Å². The van der Waals surface area contributed by atoms with E-state index in [1.165, 1.54) is 6.92 Å². The molecular weight excluding hydrogens is 1070 g/mol. The van der Waals surface area contributed by atoms with Crippen molar-refractivity contribution in [1.82, 2.24) is 30.4 Å². The lowest BCUT2D eigenvalue weighted by molar-refractivity contribution is -0.172. The largest absolute Gasteiger partial charge is 0.490 e. The van der Waals surface area contributed by atoms with E-state index in [1.807, 2.05) is 0 Å². The normalized spacial score (nSPS) is 17.9. The van der Waals surface area contributed by atoms with Gasteiger partial charge in [-0.15, -0.1) is 0 Å². The van der Waals surface area contributed by atoms with Gasteiger partial charge in [-0.2, -0.15) is 0 Å². The van der Waals surface area contributed by atoms with Gasteiger partial charge >= 0.3 is 5.97 Å². The molecule has 6 amide bonds. The van der Waals surface area contributed by atoms with Gasteiger partial charge in [0.15, 0.2) is 11.4 Å². The molecule has 7 rings (SSSR count). The summed E-state index contributed by atoms with van der Waals surface area (Å²) in [4.78, 5) is 108. The molecule has 26 heteroatoms. The molecule has 4 aliphatic rings. The molecule has 1 fully saturated rings. The molecule has 1 aromatic carbocycles. The number of imide groups is 1. The highest BCUT2D eigenvalue weighted by Gasteiger charge is 2.46. The summed E-state index contributed by atoms with van der Waals surface area (Å²) < 4.78 is 64.4. The number of anilines is 1.